The van der Waals surface area contributed by atoms with E-state index >= 15 is 0 Å². The minimum atomic E-state index is -4.37. The standard InChI is InChI=1S/C15H21F3N2O/c1-3-13-10(6-8-21-13)14(20-4-2)11-9-19-7-5-12(11)15(16,17)18/h5,7,9-10,13-14,20H,3-4,6,8H2,1-2H3. The third kappa shape index (κ3) is 3.55. The van der Waals surface area contributed by atoms with E-state index in [1.165, 1.54) is 12.4 Å². The third-order valence-electron chi connectivity index (χ3n) is 4.01. The minimum absolute atomic E-state index is 0.00432. The van der Waals surface area contributed by atoms with E-state index in [1.807, 2.05) is 13.8 Å². The van der Waals surface area contributed by atoms with E-state index in [2.05, 4.69) is 10.3 Å². The topological polar surface area (TPSA) is 34.2 Å². The number of hydrogen-bond acceptors (Lipinski definition) is 3. The number of pyridine rings is 1. The van der Waals surface area contributed by atoms with Gasteiger partial charge in [-0.25, -0.2) is 0 Å². The van der Waals surface area contributed by atoms with Gasteiger partial charge in [0, 0.05) is 31.0 Å². The number of alkyl halides is 3. The zero-order chi connectivity index (χ0) is 15.5. The summed E-state index contributed by atoms with van der Waals surface area (Å²) in [6.07, 6.45) is -0.279. The Morgan fingerprint density at radius 1 is 1.43 bits per heavy atom. The first-order valence-corrected chi connectivity index (χ1v) is 7.35. The van der Waals surface area contributed by atoms with Gasteiger partial charge in [0.2, 0.25) is 0 Å². The maximum Gasteiger partial charge on any atom is 0.416 e. The van der Waals surface area contributed by atoms with E-state index in [4.69, 9.17) is 4.74 Å². The molecule has 0 aromatic carbocycles. The van der Waals surface area contributed by atoms with Crippen molar-refractivity contribution < 1.29 is 17.9 Å². The fraction of sp³-hybridized carbons (Fsp3) is 0.667. The number of hydrogen-bond donors (Lipinski definition) is 1. The van der Waals surface area contributed by atoms with Crippen LogP contribution in [-0.2, 0) is 10.9 Å². The average Bonchev–Trinajstić information content (AvgIpc) is 2.92. The summed E-state index contributed by atoms with van der Waals surface area (Å²) in [6.45, 7) is 5.10. The van der Waals surface area contributed by atoms with Gasteiger partial charge in [0.05, 0.1) is 11.7 Å². The monoisotopic (exact) mass is 302 g/mol. The molecular weight excluding hydrogens is 281 g/mol. The molecule has 1 saturated heterocycles. The lowest BCUT2D eigenvalue weighted by atomic mass is 9.85. The summed E-state index contributed by atoms with van der Waals surface area (Å²) in [6, 6.07) is 0.670. The molecule has 1 aliphatic rings. The molecule has 0 aliphatic carbocycles. The zero-order valence-corrected chi connectivity index (χ0v) is 12.3. The largest absolute Gasteiger partial charge is 0.416 e. The Hall–Kier alpha value is -1.14. The molecule has 1 N–H and O–H groups in total. The van der Waals surface area contributed by atoms with Crippen LogP contribution >= 0.6 is 0 Å². The van der Waals surface area contributed by atoms with Crippen molar-refractivity contribution in [1.82, 2.24) is 10.3 Å². The number of rotatable bonds is 5. The molecule has 3 nitrogen and oxygen atoms in total. The summed E-state index contributed by atoms with van der Waals surface area (Å²) in [5, 5.41) is 3.20. The number of nitrogens with one attached hydrogen (secondary N) is 1. The molecule has 0 bridgehead atoms. The van der Waals surface area contributed by atoms with Crippen molar-refractivity contribution in [3.05, 3.63) is 29.6 Å². The second-order valence-corrected chi connectivity index (χ2v) is 5.27. The van der Waals surface area contributed by atoms with Crippen LogP contribution in [0.2, 0.25) is 0 Å². The van der Waals surface area contributed by atoms with Gasteiger partial charge in [-0.3, -0.25) is 4.98 Å². The second-order valence-electron chi connectivity index (χ2n) is 5.27. The van der Waals surface area contributed by atoms with Crippen LogP contribution in [0.1, 0.15) is 43.9 Å². The molecule has 6 heteroatoms. The van der Waals surface area contributed by atoms with Crippen LogP contribution < -0.4 is 5.32 Å². The zero-order valence-electron chi connectivity index (χ0n) is 12.3. The maximum absolute atomic E-state index is 13.2. The summed E-state index contributed by atoms with van der Waals surface area (Å²) in [5.41, 5.74) is -0.383. The second kappa shape index (κ2) is 6.75. The van der Waals surface area contributed by atoms with Crippen LogP contribution in [0.25, 0.3) is 0 Å². The van der Waals surface area contributed by atoms with Gasteiger partial charge in [0.25, 0.3) is 0 Å². The quantitative estimate of drug-likeness (QED) is 0.903. The smallest absolute Gasteiger partial charge is 0.378 e. The molecule has 0 amide bonds. The lowest BCUT2D eigenvalue weighted by molar-refractivity contribution is -0.138. The van der Waals surface area contributed by atoms with E-state index in [0.717, 1.165) is 18.9 Å². The van der Waals surface area contributed by atoms with Crippen LogP contribution in [0.5, 0.6) is 0 Å². The van der Waals surface area contributed by atoms with Crippen molar-refractivity contribution in [3.8, 4) is 0 Å². The molecule has 118 valence electrons. The van der Waals surface area contributed by atoms with Crippen molar-refractivity contribution in [2.45, 2.75) is 45.0 Å². The number of ether oxygens (including phenoxy) is 1. The summed E-state index contributed by atoms with van der Waals surface area (Å²) < 4.78 is 45.3. The van der Waals surface area contributed by atoms with E-state index in [-0.39, 0.29) is 23.6 Å². The van der Waals surface area contributed by atoms with Crippen LogP contribution in [0, 0.1) is 5.92 Å². The first-order chi connectivity index (χ1) is 9.99. The molecule has 0 spiro atoms. The van der Waals surface area contributed by atoms with Crippen LogP contribution in [0.15, 0.2) is 18.5 Å². The van der Waals surface area contributed by atoms with Gasteiger partial charge in [-0.2, -0.15) is 13.2 Å². The lowest BCUT2D eigenvalue weighted by Crippen LogP contribution is -2.34. The number of nitrogens with zero attached hydrogens (tertiary/aromatic N) is 1. The van der Waals surface area contributed by atoms with E-state index in [9.17, 15) is 13.2 Å². The molecule has 3 unspecified atom stereocenters. The van der Waals surface area contributed by atoms with Crippen molar-refractivity contribution in [3.63, 3.8) is 0 Å². The lowest BCUT2D eigenvalue weighted by Gasteiger charge is -2.29. The first-order valence-electron chi connectivity index (χ1n) is 7.35. The van der Waals surface area contributed by atoms with Gasteiger partial charge in [-0.1, -0.05) is 13.8 Å². The van der Waals surface area contributed by atoms with Crippen molar-refractivity contribution in [2.75, 3.05) is 13.2 Å². The van der Waals surface area contributed by atoms with Crippen LogP contribution in [0.3, 0.4) is 0 Å². The highest BCUT2D eigenvalue weighted by Crippen LogP contribution is 2.40. The van der Waals surface area contributed by atoms with Gasteiger partial charge < -0.3 is 10.1 Å². The number of aromatic nitrogens is 1. The molecular formula is C15H21F3N2O. The van der Waals surface area contributed by atoms with Gasteiger partial charge in [0.1, 0.15) is 0 Å². The Balaban J connectivity index is 2.39. The van der Waals surface area contributed by atoms with Gasteiger partial charge in [0.15, 0.2) is 0 Å². The SMILES string of the molecule is CCNC(c1cnccc1C(F)(F)F)C1CCOC1CC. The highest BCUT2D eigenvalue weighted by molar-refractivity contribution is 5.30. The van der Waals surface area contributed by atoms with Crippen LogP contribution in [0.4, 0.5) is 13.2 Å². The maximum atomic E-state index is 13.2. The first kappa shape index (κ1) is 16.2. The van der Waals surface area contributed by atoms with Crippen LogP contribution in [-0.4, -0.2) is 24.2 Å². The fourth-order valence-corrected chi connectivity index (χ4v) is 3.09. The Morgan fingerprint density at radius 3 is 2.81 bits per heavy atom. The van der Waals surface area contributed by atoms with E-state index < -0.39 is 11.7 Å². The molecule has 0 saturated carbocycles. The van der Waals surface area contributed by atoms with E-state index in [0.29, 0.717) is 13.2 Å². The molecule has 0 radical (unpaired) electrons. The Labute approximate surface area is 122 Å². The summed E-state index contributed by atoms with van der Waals surface area (Å²) in [7, 11) is 0. The third-order valence-corrected chi connectivity index (χ3v) is 4.01. The summed E-state index contributed by atoms with van der Waals surface area (Å²) >= 11 is 0. The summed E-state index contributed by atoms with van der Waals surface area (Å²) in [5.74, 6) is 0.0419. The predicted octanol–water partition coefficient (Wildman–Crippen LogP) is 3.57. The fourth-order valence-electron chi connectivity index (χ4n) is 3.09. The molecule has 3 atom stereocenters. The molecule has 1 fully saturated rings. The Bertz CT molecular complexity index is 464. The van der Waals surface area contributed by atoms with Crippen molar-refractivity contribution >= 4 is 0 Å². The highest BCUT2D eigenvalue weighted by Gasteiger charge is 2.40. The van der Waals surface area contributed by atoms with Gasteiger partial charge in [-0.05, 0) is 31.0 Å². The average molecular weight is 302 g/mol. The molecule has 1 aromatic heterocycles. The van der Waals surface area contributed by atoms with Crippen molar-refractivity contribution in [2.24, 2.45) is 5.92 Å². The molecule has 1 aliphatic heterocycles. The number of halogens is 3. The van der Waals surface area contributed by atoms with E-state index in [1.54, 1.807) is 0 Å². The summed E-state index contributed by atoms with van der Waals surface area (Å²) in [4.78, 5) is 3.90. The Morgan fingerprint density at radius 2 is 2.19 bits per heavy atom. The molecule has 2 heterocycles. The molecule has 2 rings (SSSR count). The van der Waals surface area contributed by atoms with Gasteiger partial charge in [-0.15, -0.1) is 0 Å². The highest BCUT2D eigenvalue weighted by atomic mass is 19.4. The predicted molar refractivity (Wildman–Crippen MR) is 73.8 cm³/mol. The van der Waals surface area contributed by atoms with Gasteiger partial charge >= 0.3 is 6.18 Å². The normalized spacial score (nSPS) is 24.2. The van der Waals surface area contributed by atoms with Crippen molar-refractivity contribution in [1.29, 1.82) is 0 Å². The molecule has 21 heavy (non-hydrogen) atoms. The minimum Gasteiger partial charge on any atom is -0.378 e. The Kier molecular flexibility index (Phi) is 5.22. The molecule has 1 aromatic rings.